The summed E-state index contributed by atoms with van der Waals surface area (Å²) in [6, 6.07) is 11.7. The van der Waals surface area contributed by atoms with E-state index in [9.17, 15) is 9.59 Å². The smallest absolute Gasteiger partial charge is 0.321 e. The van der Waals surface area contributed by atoms with Crippen molar-refractivity contribution in [2.24, 2.45) is 11.3 Å². The first kappa shape index (κ1) is 17.1. The summed E-state index contributed by atoms with van der Waals surface area (Å²) in [6.07, 6.45) is 1.79. The number of hydrogen-bond acceptors (Lipinski definition) is 3. The molecule has 0 bridgehead atoms. The third-order valence-electron chi connectivity index (χ3n) is 5.50. The number of urea groups is 1. The lowest BCUT2D eigenvalue weighted by molar-refractivity contribution is -0.123. The van der Waals surface area contributed by atoms with Gasteiger partial charge in [-0.25, -0.2) is 4.79 Å². The topological polar surface area (TPSA) is 61.4 Å². The molecule has 2 atom stereocenters. The van der Waals surface area contributed by atoms with Gasteiger partial charge in [-0.15, -0.1) is 11.3 Å². The van der Waals surface area contributed by atoms with E-state index < -0.39 is 0 Å². The number of hydrogen-bond donors (Lipinski definition) is 2. The second kappa shape index (κ2) is 6.76. The molecule has 2 aliphatic rings. The molecule has 2 N–H and O–H groups in total. The summed E-state index contributed by atoms with van der Waals surface area (Å²) in [4.78, 5) is 27.9. The largest absolute Gasteiger partial charge is 0.351 e. The van der Waals surface area contributed by atoms with Gasteiger partial charge in [-0.1, -0.05) is 23.8 Å². The highest BCUT2D eigenvalue weighted by molar-refractivity contribution is 7.09. The maximum Gasteiger partial charge on any atom is 0.321 e. The van der Waals surface area contributed by atoms with Crippen molar-refractivity contribution in [1.29, 1.82) is 0 Å². The maximum atomic E-state index is 12.5. The van der Waals surface area contributed by atoms with Gasteiger partial charge in [0.15, 0.2) is 0 Å². The fraction of sp³-hybridized carbons (Fsp3) is 0.400. The highest BCUT2D eigenvalue weighted by Crippen LogP contribution is 2.58. The number of thiophene rings is 1. The fourth-order valence-electron chi connectivity index (χ4n) is 3.79. The molecule has 1 aliphatic carbocycles. The molecule has 1 saturated heterocycles. The van der Waals surface area contributed by atoms with Crippen LogP contribution in [0.2, 0.25) is 0 Å². The zero-order valence-electron chi connectivity index (χ0n) is 14.8. The van der Waals surface area contributed by atoms with Crippen molar-refractivity contribution in [2.75, 3.05) is 18.4 Å². The Morgan fingerprint density at radius 1 is 1.27 bits per heavy atom. The van der Waals surface area contributed by atoms with E-state index in [2.05, 4.69) is 10.6 Å². The molecule has 1 aromatic heterocycles. The third kappa shape index (κ3) is 3.46. The van der Waals surface area contributed by atoms with Crippen molar-refractivity contribution in [3.8, 4) is 0 Å². The number of likely N-dealkylation sites (tertiary alicyclic amines) is 1. The average molecular weight is 369 g/mol. The molecule has 1 saturated carbocycles. The lowest BCUT2D eigenvalue weighted by Crippen LogP contribution is -2.34. The van der Waals surface area contributed by atoms with Crippen LogP contribution in [0.15, 0.2) is 41.8 Å². The number of carbonyl (C=O) groups excluding carboxylic acids is 2. The van der Waals surface area contributed by atoms with Crippen LogP contribution in [0.4, 0.5) is 10.5 Å². The van der Waals surface area contributed by atoms with E-state index in [4.69, 9.17) is 0 Å². The van der Waals surface area contributed by atoms with Gasteiger partial charge >= 0.3 is 6.03 Å². The third-order valence-corrected chi connectivity index (χ3v) is 6.37. The number of benzene rings is 1. The summed E-state index contributed by atoms with van der Waals surface area (Å²) < 4.78 is 0. The maximum absolute atomic E-state index is 12.5. The molecule has 1 aliphatic heterocycles. The van der Waals surface area contributed by atoms with E-state index in [0.717, 1.165) is 24.1 Å². The number of carbonyl (C=O) groups is 2. The van der Waals surface area contributed by atoms with E-state index >= 15 is 0 Å². The number of nitrogens with zero attached hydrogens (tertiary/aromatic N) is 1. The molecular formula is C20H23N3O2S. The van der Waals surface area contributed by atoms with Gasteiger partial charge in [0.05, 0.1) is 6.54 Å². The molecular weight excluding hydrogens is 346 g/mol. The van der Waals surface area contributed by atoms with E-state index in [0.29, 0.717) is 19.6 Å². The van der Waals surface area contributed by atoms with Gasteiger partial charge < -0.3 is 15.5 Å². The molecule has 5 nitrogen and oxygen atoms in total. The minimum atomic E-state index is -0.0737. The summed E-state index contributed by atoms with van der Waals surface area (Å²) in [5, 5.41) is 8.01. The van der Waals surface area contributed by atoms with Gasteiger partial charge in [0.2, 0.25) is 5.91 Å². The zero-order valence-corrected chi connectivity index (χ0v) is 15.6. The van der Waals surface area contributed by atoms with Crippen LogP contribution in [0, 0.1) is 18.3 Å². The van der Waals surface area contributed by atoms with Crippen molar-refractivity contribution >= 4 is 29.0 Å². The molecule has 6 heteroatoms. The molecule has 2 heterocycles. The first-order chi connectivity index (χ1) is 12.6. The molecule has 136 valence electrons. The first-order valence-corrected chi connectivity index (χ1v) is 9.86. The van der Waals surface area contributed by atoms with Gasteiger partial charge in [-0.3, -0.25) is 4.79 Å². The monoisotopic (exact) mass is 369 g/mol. The van der Waals surface area contributed by atoms with Crippen molar-refractivity contribution in [3.05, 3.63) is 52.2 Å². The van der Waals surface area contributed by atoms with Crippen molar-refractivity contribution in [3.63, 3.8) is 0 Å². The molecule has 0 unspecified atom stereocenters. The zero-order chi connectivity index (χ0) is 18.1. The predicted octanol–water partition coefficient (Wildman–Crippen LogP) is 3.62. The first-order valence-electron chi connectivity index (χ1n) is 8.98. The van der Waals surface area contributed by atoms with Crippen molar-refractivity contribution < 1.29 is 9.59 Å². The molecule has 3 amide bonds. The van der Waals surface area contributed by atoms with Crippen LogP contribution in [0.1, 0.15) is 23.3 Å². The minimum absolute atomic E-state index is 0.00977. The van der Waals surface area contributed by atoms with Gasteiger partial charge in [0.25, 0.3) is 0 Å². The average Bonchev–Trinajstić information content (AvgIpc) is 2.99. The van der Waals surface area contributed by atoms with Crippen LogP contribution in [-0.4, -0.2) is 29.9 Å². The Kier molecular flexibility index (Phi) is 4.44. The van der Waals surface area contributed by atoms with Crippen LogP contribution < -0.4 is 10.6 Å². The number of nitrogens with one attached hydrogen (secondary N) is 2. The van der Waals surface area contributed by atoms with Crippen molar-refractivity contribution in [1.82, 2.24) is 10.2 Å². The number of amides is 3. The van der Waals surface area contributed by atoms with E-state index in [1.54, 1.807) is 11.3 Å². The number of rotatable bonds is 4. The highest BCUT2D eigenvalue weighted by atomic mass is 32.1. The van der Waals surface area contributed by atoms with Gasteiger partial charge in [-0.2, -0.15) is 0 Å². The Labute approximate surface area is 157 Å². The highest BCUT2D eigenvalue weighted by Gasteiger charge is 2.61. The van der Waals surface area contributed by atoms with E-state index in [-0.39, 0.29) is 23.3 Å². The number of anilines is 1. The second-order valence-electron chi connectivity index (χ2n) is 7.38. The summed E-state index contributed by atoms with van der Waals surface area (Å²) in [7, 11) is 0. The summed E-state index contributed by atoms with van der Waals surface area (Å²) >= 11 is 1.65. The Balaban J connectivity index is 1.29. The normalized spacial score (nSPS) is 23.9. The standard InChI is InChI=1S/C20H23N3O2S/c1-14-4-6-15(7-5-14)22-19(25)23-9-8-20(13-23)11-17(20)18(24)21-12-16-3-2-10-26-16/h2-7,10,17H,8-9,11-13H2,1H3,(H,21,24)(H,22,25)/t17-,20+/m0/s1. The molecule has 2 aromatic rings. The van der Waals surface area contributed by atoms with Crippen molar-refractivity contribution in [2.45, 2.75) is 26.3 Å². The molecule has 2 fully saturated rings. The number of aryl methyl sites for hydroxylation is 1. The lowest BCUT2D eigenvalue weighted by atomic mass is 10.0. The molecule has 26 heavy (non-hydrogen) atoms. The predicted molar refractivity (Wildman–Crippen MR) is 103 cm³/mol. The van der Waals surface area contributed by atoms with Gasteiger partial charge in [-0.05, 0) is 43.3 Å². The molecule has 0 radical (unpaired) electrons. The van der Waals surface area contributed by atoms with Gasteiger partial charge in [0.1, 0.15) is 0 Å². The van der Waals surface area contributed by atoms with Crippen LogP contribution in [0.5, 0.6) is 0 Å². The Bertz CT molecular complexity index is 803. The minimum Gasteiger partial charge on any atom is -0.351 e. The lowest BCUT2D eigenvalue weighted by Gasteiger charge is -2.17. The van der Waals surface area contributed by atoms with E-state index in [1.165, 1.54) is 4.88 Å². The fourth-order valence-corrected chi connectivity index (χ4v) is 4.43. The second-order valence-corrected chi connectivity index (χ2v) is 8.42. The van der Waals surface area contributed by atoms with E-state index in [1.807, 2.05) is 53.6 Å². The Morgan fingerprint density at radius 2 is 2.08 bits per heavy atom. The summed E-state index contributed by atoms with van der Waals surface area (Å²) in [6.45, 7) is 4.00. The Morgan fingerprint density at radius 3 is 2.81 bits per heavy atom. The van der Waals surface area contributed by atoms with Crippen LogP contribution in [0.3, 0.4) is 0 Å². The van der Waals surface area contributed by atoms with Gasteiger partial charge in [0, 0.05) is 35.0 Å². The summed E-state index contributed by atoms with van der Waals surface area (Å²) in [5.41, 5.74) is 1.96. The molecule has 1 spiro atoms. The van der Waals surface area contributed by atoms with Crippen LogP contribution in [-0.2, 0) is 11.3 Å². The Hall–Kier alpha value is -2.34. The van der Waals surface area contributed by atoms with Crippen LogP contribution in [0.25, 0.3) is 0 Å². The summed E-state index contributed by atoms with van der Waals surface area (Å²) in [5.74, 6) is 0.166. The molecule has 1 aromatic carbocycles. The molecule has 4 rings (SSSR count). The SMILES string of the molecule is Cc1ccc(NC(=O)N2CC[C@@]3(C[C@H]3C(=O)NCc3cccs3)C2)cc1. The van der Waals surface area contributed by atoms with Crippen LogP contribution >= 0.6 is 11.3 Å². The quantitative estimate of drug-likeness (QED) is 0.865.